The van der Waals surface area contributed by atoms with Gasteiger partial charge in [0.05, 0.1) is 0 Å². The van der Waals surface area contributed by atoms with Gasteiger partial charge in [-0.15, -0.1) is 0 Å². The van der Waals surface area contributed by atoms with E-state index >= 15 is 0 Å². The Morgan fingerprint density at radius 2 is 0.795 bits per heavy atom. The minimum Gasteiger partial charge on any atom is -0.0584 e. The van der Waals surface area contributed by atoms with Gasteiger partial charge in [0, 0.05) is 0 Å². The van der Waals surface area contributed by atoms with Crippen LogP contribution in [-0.2, 0) is 38.9 Å². The van der Waals surface area contributed by atoms with E-state index in [1.807, 2.05) is 0 Å². The lowest BCUT2D eigenvalue weighted by Gasteiger charge is -2.41. The highest BCUT2D eigenvalue weighted by molar-refractivity contribution is 5.56. The van der Waals surface area contributed by atoms with Gasteiger partial charge >= 0.3 is 0 Å². The number of rotatable bonds is 3. The van der Waals surface area contributed by atoms with Crippen LogP contribution in [0.1, 0.15) is 182 Å². The van der Waals surface area contributed by atoms with Crippen molar-refractivity contribution in [1.82, 2.24) is 0 Å². The van der Waals surface area contributed by atoms with Crippen molar-refractivity contribution >= 4 is 0 Å². The molecule has 1 unspecified atom stereocenters. The molecule has 0 amide bonds. The van der Waals surface area contributed by atoms with E-state index in [1.165, 1.54) is 27.8 Å². The lowest BCUT2D eigenvalue weighted by molar-refractivity contribution is 0.488. The molecule has 220 valence electrons. The number of hydrogen-bond acceptors (Lipinski definition) is 0. The van der Waals surface area contributed by atoms with Crippen molar-refractivity contribution in [3.63, 3.8) is 0 Å². The molecule has 0 aliphatic rings. The third kappa shape index (κ3) is 7.59. The predicted octanol–water partition coefficient (Wildman–Crippen LogP) is 11.8. The van der Waals surface area contributed by atoms with E-state index in [0.29, 0.717) is 5.92 Å². The van der Waals surface area contributed by atoms with E-state index in [0.717, 1.165) is 6.42 Å². The Morgan fingerprint density at radius 3 is 1.10 bits per heavy atom. The summed E-state index contributed by atoms with van der Waals surface area (Å²) in [7, 11) is 0. The minimum atomic E-state index is 0.0563. The van der Waals surface area contributed by atoms with Crippen molar-refractivity contribution in [2.45, 2.75) is 176 Å². The van der Waals surface area contributed by atoms with Crippen LogP contribution in [0.4, 0.5) is 0 Å². The van der Waals surface area contributed by atoms with Crippen LogP contribution in [-0.4, -0.2) is 0 Å². The average Bonchev–Trinajstić information content (AvgIpc) is 2.68. The van der Waals surface area contributed by atoms with Gasteiger partial charge in [-0.1, -0.05) is 156 Å². The first kappa shape index (κ1) is 33.6. The molecule has 39 heavy (non-hydrogen) atoms. The second-order valence-corrected chi connectivity index (χ2v) is 18.6. The van der Waals surface area contributed by atoms with Crippen LogP contribution >= 0.6 is 0 Å². The minimum absolute atomic E-state index is 0.0563. The van der Waals surface area contributed by atoms with E-state index in [4.69, 9.17) is 0 Å². The second kappa shape index (κ2) is 10.4. The Bertz CT molecular complexity index is 1110. The van der Waals surface area contributed by atoms with Gasteiger partial charge in [0.15, 0.2) is 0 Å². The smallest absolute Gasteiger partial charge is 0.0126 e. The molecule has 0 N–H and O–H groups in total. The quantitative estimate of drug-likeness (QED) is 0.369. The number of hydrogen-bond donors (Lipinski definition) is 0. The lowest BCUT2D eigenvalue weighted by Crippen LogP contribution is -2.32. The average molecular weight is 533 g/mol. The van der Waals surface area contributed by atoms with Gasteiger partial charge in [-0.05, 0) is 89.3 Å². The van der Waals surface area contributed by atoms with Crippen molar-refractivity contribution in [3.8, 4) is 0 Å². The molecule has 0 aliphatic carbocycles. The molecular formula is C39H64. The van der Waals surface area contributed by atoms with Gasteiger partial charge < -0.3 is 0 Å². The number of benzene rings is 2. The normalized spacial score (nSPS) is 15.1. The maximum absolute atomic E-state index is 2.59. The molecule has 0 nitrogen and oxygen atoms in total. The van der Waals surface area contributed by atoms with Crippen LogP contribution in [0.15, 0.2) is 24.3 Å². The van der Waals surface area contributed by atoms with E-state index in [2.05, 4.69) is 156 Å². The van der Waals surface area contributed by atoms with Crippen molar-refractivity contribution in [2.24, 2.45) is 0 Å². The largest absolute Gasteiger partial charge is 0.0584 e. The molecular weight excluding hydrogens is 468 g/mol. The van der Waals surface area contributed by atoms with Gasteiger partial charge in [-0.3, -0.25) is 0 Å². The van der Waals surface area contributed by atoms with Gasteiger partial charge in [-0.25, -0.2) is 0 Å². The summed E-state index contributed by atoms with van der Waals surface area (Å²) in [6.45, 7) is 45.5. The molecule has 0 bridgehead atoms. The van der Waals surface area contributed by atoms with Crippen LogP contribution < -0.4 is 0 Å². The van der Waals surface area contributed by atoms with E-state index in [1.54, 1.807) is 16.7 Å². The zero-order chi connectivity index (χ0) is 30.7. The van der Waals surface area contributed by atoms with Crippen molar-refractivity contribution in [2.75, 3.05) is 0 Å². The summed E-state index contributed by atoms with van der Waals surface area (Å²) in [6, 6.07) is 9.97. The van der Waals surface area contributed by atoms with Gasteiger partial charge in [-0.2, -0.15) is 0 Å². The first-order valence-electron chi connectivity index (χ1n) is 15.4. The molecule has 1 atom stereocenters. The highest BCUT2D eigenvalue weighted by atomic mass is 14.4. The Hall–Kier alpha value is -1.56. The fourth-order valence-electron chi connectivity index (χ4n) is 6.41. The van der Waals surface area contributed by atoms with Crippen molar-refractivity contribution < 1.29 is 0 Å². The third-order valence-corrected chi connectivity index (χ3v) is 8.29. The molecule has 0 radical (unpaired) electrons. The summed E-state index contributed by atoms with van der Waals surface area (Å²) in [5.41, 5.74) is 12.7. The molecule has 0 aliphatic heterocycles. The summed E-state index contributed by atoms with van der Waals surface area (Å²) >= 11 is 0. The lowest BCUT2D eigenvalue weighted by atomic mass is 9.63. The monoisotopic (exact) mass is 533 g/mol. The Balaban J connectivity index is 2.99. The standard InChI is InChI=1S/C39H64/c1-25(26-20-21-28(34(2,3)4)29(23-26)35(5,6)7)22-27-32(38(14,15)16)30(36(8,9)10)24-31(37(11,12)13)33(27)39(17,18)19/h20-21,23-25H,22H2,1-19H3. The topological polar surface area (TPSA) is 0 Å². The van der Waals surface area contributed by atoms with Crippen LogP contribution in [0.5, 0.6) is 0 Å². The molecule has 0 spiro atoms. The molecule has 0 aromatic heterocycles. The summed E-state index contributed by atoms with van der Waals surface area (Å²) < 4.78 is 0. The predicted molar refractivity (Wildman–Crippen MR) is 177 cm³/mol. The second-order valence-electron chi connectivity index (χ2n) is 18.6. The van der Waals surface area contributed by atoms with Crippen molar-refractivity contribution in [1.29, 1.82) is 0 Å². The molecule has 0 saturated heterocycles. The van der Waals surface area contributed by atoms with Crippen LogP contribution in [0.25, 0.3) is 0 Å². The maximum atomic E-state index is 2.59. The molecule has 0 fully saturated rings. The van der Waals surface area contributed by atoms with E-state index < -0.39 is 0 Å². The van der Waals surface area contributed by atoms with Gasteiger partial charge in [0.1, 0.15) is 0 Å². The highest BCUT2D eigenvalue weighted by Crippen LogP contribution is 2.47. The van der Waals surface area contributed by atoms with Gasteiger partial charge in [0.2, 0.25) is 0 Å². The Kier molecular flexibility index (Phi) is 8.94. The summed E-state index contributed by atoms with van der Waals surface area (Å²) in [6.07, 6.45) is 1.06. The Labute approximate surface area is 244 Å². The molecule has 2 rings (SSSR count). The fourth-order valence-corrected chi connectivity index (χ4v) is 6.41. The third-order valence-electron chi connectivity index (χ3n) is 8.29. The molecule has 0 heteroatoms. The molecule has 0 saturated carbocycles. The van der Waals surface area contributed by atoms with Crippen LogP contribution in [0.2, 0.25) is 0 Å². The van der Waals surface area contributed by atoms with Crippen LogP contribution in [0.3, 0.4) is 0 Å². The first-order valence-corrected chi connectivity index (χ1v) is 15.4. The van der Waals surface area contributed by atoms with Crippen molar-refractivity contribution in [3.05, 3.63) is 68.8 Å². The first-order chi connectivity index (χ1) is 17.1. The highest BCUT2D eigenvalue weighted by Gasteiger charge is 2.37. The maximum Gasteiger partial charge on any atom is -0.0126 e. The summed E-state index contributed by atoms with van der Waals surface area (Å²) in [5.74, 6) is 0.422. The molecule has 2 aromatic rings. The molecule has 0 heterocycles. The van der Waals surface area contributed by atoms with E-state index in [-0.39, 0.29) is 32.5 Å². The SMILES string of the molecule is CC(Cc1c(C(C)(C)C)c(C(C)(C)C)cc(C(C)(C)C)c1C(C)(C)C)c1ccc(C(C)(C)C)c(C(C)(C)C)c1. The summed E-state index contributed by atoms with van der Waals surface area (Å²) in [4.78, 5) is 0. The zero-order valence-electron chi connectivity index (χ0n) is 29.6. The van der Waals surface area contributed by atoms with Crippen LogP contribution in [0, 0.1) is 0 Å². The Morgan fingerprint density at radius 1 is 0.436 bits per heavy atom. The van der Waals surface area contributed by atoms with E-state index in [9.17, 15) is 0 Å². The van der Waals surface area contributed by atoms with Gasteiger partial charge in [0.25, 0.3) is 0 Å². The molecule has 2 aromatic carbocycles. The fraction of sp³-hybridized carbons (Fsp3) is 0.692. The summed E-state index contributed by atoms with van der Waals surface area (Å²) in [5, 5.41) is 0. The zero-order valence-corrected chi connectivity index (χ0v) is 29.6.